The average molecular weight is 625 g/mol. The number of halogens is 2. The van der Waals surface area contributed by atoms with Crippen LogP contribution in [0.5, 0.6) is 0 Å². The van der Waals surface area contributed by atoms with Crippen molar-refractivity contribution in [2.24, 2.45) is 4.99 Å². The number of carbonyl (C=O) groups is 1. The molecular weight excluding hydrogens is 581 g/mol. The number of amides is 1. The lowest BCUT2D eigenvalue weighted by molar-refractivity contribution is -0.107. The molecule has 2 saturated heterocycles. The molecule has 2 fully saturated rings. The molecule has 0 spiro atoms. The fraction of sp³-hybridized carbons (Fsp3) is 0.630. The summed E-state index contributed by atoms with van der Waals surface area (Å²) in [6.07, 6.45) is 3.59. The van der Waals surface area contributed by atoms with Crippen molar-refractivity contribution >= 4 is 45.6 Å². The van der Waals surface area contributed by atoms with E-state index in [0.29, 0.717) is 62.9 Å². The third-order valence-electron chi connectivity index (χ3n) is 6.58. The normalized spacial score (nSPS) is 16.2. The highest BCUT2D eigenvalue weighted by molar-refractivity contribution is 7.18. The lowest BCUT2D eigenvalue weighted by Crippen LogP contribution is -2.50. The fourth-order valence-corrected chi connectivity index (χ4v) is 4.34. The van der Waals surface area contributed by atoms with Gasteiger partial charge in [0.2, 0.25) is 12.4 Å². The Morgan fingerprint density at radius 3 is 2.28 bits per heavy atom. The van der Waals surface area contributed by atoms with Gasteiger partial charge in [0.15, 0.2) is 17.5 Å². The summed E-state index contributed by atoms with van der Waals surface area (Å²) < 4.78 is 39.2. The number of aromatic nitrogens is 4. The van der Waals surface area contributed by atoms with Crippen molar-refractivity contribution in [1.29, 1.82) is 0 Å². The molecule has 2 aromatic rings. The van der Waals surface area contributed by atoms with E-state index >= 15 is 0 Å². The predicted molar refractivity (Wildman–Crippen MR) is 168 cm³/mol. The smallest absolute Gasteiger partial charge is 0.276 e. The lowest BCUT2D eigenvalue weighted by atomic mass is 10.2. The molecule has 0 aromatic carbocycles. The maximum Gasteiger partial charge on any atom is 0.276 e. The Labute approximate surface area is 254 Å². The van der Waals surface area contributed by atoms with E-state index in [-0.39, 0.29) is 29.9 Å². The lowest BCUT2D eigenvalue weighted by Gasteiger charge is -2.36. The molecule has 2 aromatic heterocycles. The zero-order chi connectivity index (χ0) is 31.6. The number of methoxy groups -OCH3 is 1. The summed E-state index contributed by atoms with van der Waals surface area (Å²) in [5, 5.41) is 3.27. The standard InChI is InChI=1S/C22H31F2N10O2P.C5H12O/c1-25-17-19(33-7-9-36-10-8-33)29-18(16-11-27-21(28-12-16)31(2)15-35)30-20(17)34(13-22(23,24)37)14-32-5-3-26-4-6-32;1-5(2,3)6-4/h11-12,15,26H,1,3-10,13-14,37H2,2H3;1-4H3. The van der Waals surface area contributed by atoms with E-state index in [4.69, 9.17) is 14.5 Å². The molecule has 43 heavy (non-hydrogen) atoms. The first-order valence-corrected chi connectivity index (χ1v) is 14.5. The molecule has 1 unspecified atom stereocenters. The van der Waals surface area contributed by atoms with Crippen molar-refractivity contribution in [1.82, 2.24) is 30.2 Å². The van der Waals surface area contributed by atoms with Crippen molar-refractivity contribution in [3.63, 3.8) is 0 Å². The Bertz CT molecular complexity index is 1190. The summed E-state index contributed by atoms with van der Waals surface area (Å²) in [6.45, 7) is 14.5. The summed E-state index contributed by atoms with van der Waals surface area (Å²) in [6, 6.07) is 0. The van der Waals surface area contributed by atoms with E-state index in [1.807, 2.05) is 25.7 Å². The van der Waals surface area contributed by atoms with E-state index in [1.165, 1.54) is 29.2 Å². The number of nitrogens with zero attached hydrogens (tertiary/aromatic N) is 9. The first-order chi connectivity index (χ1) is 20.3. The van der Waals surface area contributed by atoms with Gasteiger partial charge >= 0.3 is 0 Å². The maximum atomic E-state index is 14.4. The van der Waals surface area contributed by atoms with Crippen molar-refractivity contribution in [3.05, 3.63) is 12.4 Å². The van der Waals surface area contributed by atoms with Crippen molar-refractivity contribution < 1.29 is 23.0 Å². The molecule has 0 bridgehead atoms. The number of anilines is 3. The molecule has 1 atom stereocenters. The SMILES string of the molecule is C=Nc1c(N2CCOCC2)nc(-c2cnc(N(C)C=O)nc2)nc1N(CN1CCNCC1)CC(F)(F)P.COC(C)(C)C. The highest BCUT2D eigenvalue weighted by Crippen LogP contribution is 2.39. The fourth-order valence-electron chi connectivity index (χ4n) is 4.12. The molecule has 2 aliphatic heterocycles. The molecule has 16 heteroatoms. The molecule has 0 aliphatic carbocycles. The van der Waals surface area contributed by atoms with Crippen molar-refractivity contribution in [3.8, 4) is 11.4 Å². The Morgan fingerprint density at radius 1 is 1.16 bits per heavy atom. The second-order valence-electron chi connectivity index (χ2n) is 11.1. The average Bonchev–Trinajstić information content (AvgIpc) is 3.00. The molecule has 0 radical (unpaired) electrons. The van der Waals surface area contributed by atoms with Crippen LogP contribution in [0, 0.1) is 0 Å². The van der Waals surface area contributed by atoms with Gasteiger partial charge in [0.1, 0.15) is 5.69 Å². The van der Waals surface area contributed by atoms with Crippen LogP contribution in [0.25, 0.3) is 11.4 Å². The minimum atomic E-state index is -3.07. The van der Waals surface area contributed by atoms with Crippen LogP contribution in [-0.4, -0.2) is 129 Å². The molecule has 13 nitrogen and oxygen atoms in total. The van der Waals surface area contributed by atoms with Gasteiger partial charge in [-0.25, -0.2) is 28.7 Å². The van der Waals surface area contributed by atoms with E-state index in [1.54, 1.807) is 16.3 Å². The third kappa shape index (κ3) is 10.6. The molecular formula is C27H43F2N10O3P. The van der Waals surface area contributed by atoms with E-state index in [2.05, 4.69) is 36.9 Å². The van der Waals surface area contributed by atoms with Crippen LogP contribution in [0.1, 0.15) is 20.8 Å². The van der Waals surface area contributed by atoms with Crippen LogP contribution >= 0.6 is 9.24 Å². The number of morpholine rings is 1. The van der Waals surface area contributed by atoms with Gasteiger partial charge < -0.3 is 24.6 Å². The number of aliphatic imine (C=N–C) groups is 1. The van der Waals surface area contributed by atoms with Crippen LogP contribution in [0.15, 0.2) is 17.4 Å². The molecule has 4 rings (SSSR count). The number of ether oxygens (including phenoxy) is 2. The number of alkyl halides is 2. The summed E-state index contributed by atoms with van der Waals surface area (Å²) >= 11 is 0. The van der Waals surface area contributed by atoms with Crippen molar-refractivity contribution in [2.75, 3.05) is 94.6 Å². The van der Waals surface area contributed by atoms with Gasteiger partial charge in [0.05, 0.1) is 37.6 Å². The quantitative estimate of drug-likeness (QED) is 0.238. The van der Waals surface area contributed by atoms with Crippen LogP contribution in [-0.2, 0) is 14.3 Å². The van der Waals surface area contributed by atoms with Gasteiger partial charge in [-0.2, -0.15) is 0 Å². The highest BCUT2D eigenvalue weighted by atomic mass is 31.0. The molecule has 1 amide bonds. The summed E-state index contributed by atoms with van der Waals surface area (Å²) in [5.41, 5.74) is -2.23. The van der Waals surface area contributed by atoms with Gasteiger partial charge in [0.25, 0.3) is 5.66 Å². The Balaban J connectivity index is 0.000000765. The third-order valence-corrected chi connectivity index (χ3v) is 6.76. The van der Waals surface area contributed by atoms with Crippen LogP contribution in [0.2, 0.25) is 0 Å². The number of carbonyl (C=O) groups excluding carboxylic acids is 1. The minimum Gasteiger partial charge on any atom is -0.379 e. The summed E-state index contributed by atoms with van der Waals surface area (Å²) in [4.78, 5) is 40.0. The number of hydrogen-bond donors (Lipinski definition) is 1. The first-order valence-electron chi connectivity index (χ1n) is 14.0. The Kier molecular flexibility index (Phi) is 12.6. The van der Waals surface area contributed by atoms with Gasteiger partial charge in [0, 0.05) is 65.8 Å². The number of piperazine rings is 1. The molecule has 1 N–H and O–H groups in total. The van der Waals surface area contributed by atoms with E-state index < -0.39 is 12.2 Å². The Morgan fingerprint density at radius 2 is 1.77 bits per heavy atom. The van der Waals surface area contributed by atoms with E-state index in [9.17, 15) is 13.6 Å². The van der Waals surface area contributed by atoms with Gasteiger partial charge in [-0.1, -0.05) is 9.24 Å². The largest absolute Gasteiger partial charge is 0.379 e. The summed E-state index contributed by atoms with van der Waals surface area (Å²) in [7, 11) is 4.85. The number of rotatable bonds is 10. The second-order valence-corrected chi connectivity index (χ2v) is 11.9. The first kappa shape index (κ1) is 34.5. The van der Waals surface area contributed by atoms with Gasteiger partial charge in [-0.15, -0.1) is 0 Å². The number of hydrogen-bond acceptors (Lipinski definition) is 12. The minimum absolute atomic E-state index is 0.0417. The Hall–Kier alpha value is -2.97. The molecule has 0 saturated carbocycles. The monoisotopic (exact) mass is 624 g/mol. The topological polar surface area (TPSA) is 124 Å². The van der Waals surface area contributed by atoms with Crippen LogP contribution in [0.4, 0.5) is 32.1 Å². The molecule has 238 valence electrons. The zero-order valence-corrected chi connectivity index (χ0v) is 26.7. The summed E-state index contributed by atoms with van der Waals surface area (Å²) in [5.74, 6) is 1.18. The highest BCUT2D eigenvalue weighted by Gasteiger charge is 2.32. The van der Waals surface area contributed by atoms with Crippen LogP contribution in [0.3, 0.4) is 0 Å². The van der Waals surface area contributed by atoms with Gasteiger partial charge in [-0.05, 0) is 27.5 Å². The predicted octanol–water partition coefficient (Wildman–Crippen LogP) is 2.26. The molecule has 4 heterocycles. The van der Waals surface area contributed by atoms with Crippen LogP contribution < -0.4 is 20.0 Å². The van der Waals surface area contributed by atoms with Crippen molar-refractivity contribution in [2.45, 2.75) is 32.0 Å². The maximum absolute atomic E-state index is 14.4. The number of nitrogens with one attached hydrogen (secondary N) is 1. The van der Waals surface area contributed by atoms with Gasteiger partial charge in [-0.3, -0.25) is 19.6 Å². The van der Waals surface area contributed by atoms with E-state index in [0.717, 1.165) is 13.1 Å². The molecule has 2 aliphatic rings. The second kappa shape index (κ2) is 15.7. The zero-order valence-electron chi connectivity index (χ0n) is 25.6.